The van der Waals surface area contributed by atoms with Gasteiger partial charge in [0, 0.05) is 10.9 Å². The van der Waals surface area contributed by atoms with Crippen LogP contribution in [0.3, 0.4) is 0 Å². The van der Waals surface area contributed by atoms with Crippen LogP contribution in [0.25, 0.3) is 6.08 Å². The molecule has 0 radical (unpaired) electrons. The van der Waals surface area contributed by atoms with Crippen molar-refractivity contribution in [3.63, 3.8) is 0 Å². The van der Waals surface area contributed by atoms with Crippen LogP contribution in [0.4, 0.5) is 0 Å². The third-order valence-electron chi connectivity index (χ3n) is 2.28. The molecule has 0 bridgehead atoms. The zero-order valence-electron chi connectivity index (χ0n) is 8.83. The first-order chi connectivity index (χ1) is 7.70. The maximum Gasteiger partial charge on any atom is 0.275 e. The highest BCUT2D eigenvalue weighted by Crippen LogP contribution is 2.20. The number of rotatable bonds is 2. The number of carbonyl (C=O) groups excluding carboxylic acids is 1. The standard InChI is InChI=1S/C12H11BrN2O/c1-2-11-14-10(12(16)15-11)7-8-5-3-4-6-9(8)13/h3-7H,2H2,1H3,(H,14,15,16)/b10-7-. The van der Waals surface area contributed by atoms with Gasteiger partial charge in [0.15, 0.2) is 0 Å². The molecule has 82 valence electrons. The van der Waals surface area contributed by atoms with Crippen LogP contribution < -0.4 is 5.32 Å². The lowest BCUT2D eigenvalue weighted by molar-refractivity contribution is -0.115. The van der Waals surface area contributed by atoms with Gasteiger partial charge in [-0.1, -0.05) is 41.1 Å². The molecule has 1 aromatic rings. The Morgan fingerprint density at radius 2 is 2.19 bits per heavy atom. The predicted octanol–water partition coefficient (Wildman–Crippen LogP) is 2.73. The third-order valence-corrected chi connectivity index (χ3v) is 3.00. The molecular weight excluding hydrogens is 268 g/mol. The van der Waals surface area contributed by atoms with Crippen LogP contribution in [-0.4, -0.2) is 11.7 Å². The van der Waals surface area contributed by atoms with Crippen LogP contribution in [-0.2, 0) is 4.79 Å². The second kappa shape index (κ2) is 4.61. The Labute approximate surface area is 102 Å². The number of benzene rings is 1. The van der Waals surface area contributed by atoms with E-state index in [-0.39, 0.29) is 5.91 Å². The molecule has 1 aliphatic rings. The molecule has 0 spiro atoms. The molecule has 1 heterocycles. The number of aliphatic imine (C=N–C) groups is 1. The molecule has 16 heavy (non-hydrogen) atoms. The zero-order valence-corrected chi connectivity index (χ0v) is 10.4. The smallest absolute Gasteiger partial charge is 0.275 e. The Morgan fingerprint density at radius 1 is 1.44 bits per heavy atom. The molecule has 0 saturated carbocycles. The SMILES string of the molecule is CCC1=N/C(=C\c2ccccc2Br)C(=O)N1. The summed E-state index contributed by atoms with van der Waals surface area (Å²) in [5.74, 6) is 0.593. The van der Waals surface area contributed by atoms with Crippen molar-refractivity contribution in [2.75, 3.05) is 0 Å². The van der Waals surface area contributed by atoms with Crippen molar-refractivity contribution in [1.29, 1.82) is 0 Å². The van der Waals surface area contributed by atoms with Crippen molar-refractivity contribution in [2.45, 2.75) is 13.3 Å². The molecule has 1 aliphatic heterocycles. The molecule has 0 unspecified atom stereocenters. The first-order valence-electron chi connectivity index (χ1n) is 5.06. The van der Waals surface area contributed by atoms with Crippen LogP contribution in [0.2, 0.25) is 0 Å². The maximum absolute atomic E-state index is 11.5. The van der Waals surface area contributed by atoms with E-state index in [0.717, 1.165) is 22.3 Å². The summed E-state index contributed by atoms with van der Waals surface area (Å²) in [5, 5.41) is 2.72. The molecule has 1 aromatic carbocycles. The van der Waals surface area contributed by atoms with E-state index in [2.05, 4.69) is 26.2 Å². The van der Waals surface area contributed by atoms with Crippen LogP contribution in [0.15, 0.2) is 39.4 Å². The number of halogens is 1. The van der Waals surface area contributed by atoms with E-state index in [1.165, 1.54) is 0 Å². The average molecular weight is 279 g/mol. The Bertz CT molecular complexity index is 492. The van der Waals surface area contributed by atoms with Crippen molar-refractivity contribution in [1.82, 2.24) is 5.32 Å². The van der Waals surface area contributed by atoms with Crippen LogP contribution in [0, 0.1) is 0 Å². The third kappa shape index (κ3) is 2.22. The molecule has 0 fully saturated rings. The van der Waals surface area contributed by atoms with Gasteiger partial charge in [-0.25, -0.2) is 4.99 Å². The number of hydrogen-bond donors (Lipinski definition) is 1. The zero-order chi connectivity index (χ0) is 11.5. The van der Waals surface area contributed by atoms with E-state index in [1.807, 2.05) is 31.2 Å². The fourth-order valence-electron chi connectivity index (χ4n) is 1.42. The summed E-state index contributed by atoms with van der Waals surface area (Å²) < 4.78 is 0.954. The van der Waals surface area contributed by atoms with Crippen LogP contribution in [0.1, 0.15) is 18.9 Å². The minimum atomic E-state index is -0.132. The fourth-order valence-corrected chi connectivity index (χ4v) is 1.82. The number of nitrogens with one attached hydrogen (secondary N) is 1. The summed E-state index contributed by atoms with van der Waals surface area (Å²) in [6.45, 7) is 1.96. The molecule has 2 rings (SSSR count). The number of amides is 1. The Hall–Kier alpha value is -1.42. The first-order valence-corrected chi connectivity index (χ1v) is 5.85. The summed E-state index contributed by atoms with van der Waals surface area (Å²) >= 11 is 3.43. The minimum Gasteiger partial charge on any atom is -0.309 e. The normalized spacial score (nSPS) is 17.5. The quantitative estimate of drug-likeness (QED) is 0.831. The average Bonchev–Trinajstić information content (AvgIpc) is 2.63. The van der Waals surface area contributed by atoms with Crippen LogP contribution in [0.5, 0.6) is 0 Å². The largest absolute Gasteiger partial charge is 0.309 e. The fraction of sp³-hybridized carbons (Fsp3) is 0.167. The van der Waals surface area contributed by atoms with Crippen molar-refractivity contribution in [3.8, 4) is 0 Å². The predicted molar refractivity (Wildman–Crippen MR) is 68.0 cm³/mol. The summed E-state index contributed by atoms with van der Waals surface area (Å²) in [4.78, 5) is 15.8. The molecule has 0 atom stereocenters. The van der Waals surface area contributed by atoms with Crippen molar-refractivity contribution < 1.29 is 4.79 Å². The number of hydrogen-bond acceptors (Lipinski definition) is 2. The van der Waals surface area contributed by atoms with E-state index in [9.17, 15) is 4.79 Å². The van der Waals surface area contributed by atoms with Gasteiger partial charge in [0.2, 0.25) is 0 Å². The summed E-state index contributed by atoms with van der Waals surface area (Å²) in [6, 6.07) is 7.73. The first kappa shape index (κ1) is 11.1. The second-order valence-corrected chi connectivity index (χ2v) is 4.27. The highest BCUT2D eigenvalue weighted by Gasteiger charge is 2.18. The highest BCUT2D eigenvalue weighted by atomic mass is 79.9. The van der Waals surface area contributed by atoms with E-state index >= 15 is 0 Å². The molecule has 0 aliphatic carbocycles. The molecule has 0 saturated heterocycles. The second-order valence-electron chi connectivity index (χ2n) is 3.42. The molecule has 3 nitrogen and oxygen atoms in total. The van der Waals surface area contributed by atoms with Gasteiger partial charge < -0.3 is 5.32 Å². The van der Waals surface area contributed by atoms with Gasteiger partial charge in [-0.3, -0.25) is 4.79 Å². The van der Waals surface area contributed by atoms with Gasteiger partial charge in [0.1, 0.15) is 11.5 Å². The molecule has 4 heteroatoms. The monoisotopic (exact) mass is 278 g/mol. The van der Waals surface area contributed by atoms with Gasteiger partial charge in [-0.2, -0.15) is 0 Å². The Balaban J connectivity index is 2.35. The van der Waals surface area contributed by atoms with Gasteiger partial charge in [-0.15, -0.1) is 0 Å². The highest BCUT2D eigenvalue weighted by molar-refractivity contribution is 9.10. The van der Waals surface area contributed by atoms with Gasteiger partial charge in [0.05, 0.1) is 0 Å². The maximum atomic E-state index is 11.5. The Morgan fingerprint density at radius 3 is 2.81 bits per heavy atom. The molecular formula is C12H11BrN2O. The van der Waals surface area contributed by atoms with E-state index in [1.54, 1.807) is 6.08 Å². The number of nitrogens with zero attached hydrogens (tertiary/aromatic N) is 1. The van der Waals surface area contributed by atoms with Crippen LogP contribution >= 0.6 is 15.9 Å². The summed E-state index contributed by atoms with van der Waals surface area (Å²) in [7, 11) is 0. The molecule has 0 aromatic heterocycles. The van der Waals surface area contributed by atoms with Gasteiger partial charge >= 0.3 is 0 Å². The summed E-state index contributed by atoms with van der Waals surface area (Å²) in [6.07, 6.45) is 2.51. The van der Waals surface area contributed by atoms with Crippen molar-refractivity contribution in [3.05, 3.63) is 40.0 Å². The van der Waals surface area contributed by atoms with E-state index < -0.39 is 0 Å². The summed E-state index contributed by atoms with van der Waals surface area (Å²) in [5.41, 5.74) is 1.41. The van der Waals surface area contributed by atoms with E-state index in [0.29, 0.717) is 5.70 Å². The molecule has 1 amide bonds. The lowest BCUT2D eigenvalue weighted by Gasteiger charge is -1.97. The number of amidine groups is 1. The molecule has 1 N–H and O–H groups in total. The van der Waals surface area contributed by atoms with Crippen molar-refractivity contribution >= 4 is 33.7 Å². The van der Waals surface area contributed by atoms with Crippen molar-refractivity contribution in [2.24, 2.45) is 4.99 Å². The topological polar surface area (TPSA) is 41.5 Å². The Kier molecular flexibility index (Phi) is 3.19. The van der Waals surface area contributed by atoms with Gasteiger partial charge in [0.25, 0.3) is 5.91 Å². The number of carbonyl (C=O) groups is 1. The minimum absolute atomic E-state index is 0.132. The lowest BCUT2D eigenvalue weighted by atomic mass is 10.2. The van der Waals surface area contributed by atoms with E-state index in [4.69, 9.17) is 0 Å². The van der Waals surface area contributed by atoms with Gasteiger partial charge in [-0.05, 0) is 17.7 Å². The lowest BCUT2D eigenvalue weighted by Crippen LogP contribution is -2.22.